The minimum absolute atomic E-state index is 0.0124. The van der Waals surface area contributed by atoms with Crippen molar-refractivity contribution in [1.29, 1.82) is 0 Å². The number of amides is 2. The van der Waals surface area contributed by atoms with Gasteiger partial charge >= 0.3 is 0 Å². The van der Waals surface area contributed by atoms with Gasteiger partial charge in [-0.1, -0.05) is 0 Å². The van der Waals surface area contributed by atoms with E-state index < -0.39 is 0 Å². The molecule has 1 unspecified atom stereocenters. The van der Waals surface area contributed by atoms with Crippen LogP contribution in [0, 0.1) is 5.92 Å². The van der Waals surface area contributed by atoms with Gasteiger partial charge in [-0.25, -0.2) is 0 Å². The van der Waals surface area contributed by atoms with E-state index in [9.17, 15) is 9.59 Å². The summed E-state index contributed by atoms with van der Waals surface area (Å²) in [4.78, 5) is 23.0. The van der Waals surface area contributed by atoms with Crippen molar-refractivity contribution in [3.63, 3.8) is 0 Å². The first-order valence-electron chi connectivity index (χ1n) is 7.05. The van der Waals surface area contributed by atoms with E-state index in [4.69, 9.17) is 10.5 Å². The third-order valence-corrected chi connectivity index (χ3v) is 3.92. The average molecular weight is 269 g/mol. The highest BCUT2D eigenvalue weighted by molar-refractivity contribution is 5.78. The van der Waals surface area contributed by atoms with E-state index >= 15 is 0 Å². The number of ether oxygens (including phenoxy) is 1. The fraction of sp³-hybridized carbons (Fsp3) is 0.846. The summed E-state index contributed by atoms with van der Waals surface area (Å²) in [6, 6.07) is 0.309. The average Bonchev–Trinajstić information content (AvgIpc) is 2.40. The van der Waals surface area contributed by atoms with Crippen molar-refractivity contribution < 1.29 is 14.3 Å². The molecule has 0 aromatic heterocycles. The molecule has 0 aromatic rings. The van der Waals surface area contributed by atoms with Gasteiger partial charge in [0.15, 0.2) is 0 Å². The maximum Gasteiger partial charge on any atom is 0.221 e. The maximum absolute atomic E-state index is 11.9. The van der Waals surface area contributed by atoms with Crippen molar-refractivity contribution >= 4 is 11.8 Å². The molecule has 2 aliphatic rings. The summed E-state index contributed by atoms with van der Waals surface area (Å²) in [5.74, 6) is -0.166. The molecule has 2 rings (SSSR count). The minimum Gasteiger partial charge on any atom is -0.378 e. The number of carbonyl (C=O) groups excluding carboxylic acids is 2. The van der Waals surface area contributed by atoms with Gasteiger partial charge in [-0.05, 0) is 25.7 Å². The van der Waals surface area contributed by atoms with Gasteiger partial charge in [0, 0.05) is 31.0 Å². The molecule has 1 heterocycles. The van der Waals surface area contributed by atoms with Crippen LogP contribution in [-0.2, 0) is 14.3 Å². The SMILES string of the molecule is NC(=O)C1CCC(NC(=O)CC2COCCN2)CC1. The zero-order valence-corrected chi connectivity index (χ0v) is 11.2. The third kappa shape index (κ3) is 4.47. The van der Waals surface area contributed by atoms with E-state index in [1.807, 2.05) is 0 Å². The van der Waals surface area contributed by atoms with Gasteiger partial charge in [0.1, 0.15) is 0 Å². The number of primary amides is 1. The Hall–Kier alpha value is -1.14. The molecule has 6 heteroatoms. The lowest BCUT2D eigenvalue weighted by atomic mass is 9.85. The first-order chi connectivity index (χ1) is 9.15. The molecule has 1 saturated heterocycles. The third-order valence-electron chi connectivity index (χ3n) is 3.92. The molecule has 1 aliphatic carbocycles. The summed E-state index contributed by atoms with van der Waals surface area (Å²) in [5.41, 5.74) is 5.29. The van der Waals surface area contributed by atoms with Crippen molar-refractivity contribution in [2.24, 2.45) is 11.7 Å². The van der Waals surface area contributed by atoms with Gasteiger partial charge in [-0.2, -0.15) is 0 Å². The van der Waals surface area contributed by atoms with E-state index in [2.05, 4.69) is 10.6 Å². The summed E-state index contributed by atoms with van der Waals surface area (Å²) in [6.45, 7) is 2.12. The van der Waals surface area contributed by atoms with Crippen LogP contribution in [0.5, 0.6) is 0 Å². The number of carbonyl (C=O) groups is 2. The molecule has 4 N–H and O–H groups in total. The Morgan fingerprint density at radius 1 is 1.26 bits per heavy atom. The second-order valence-corrected chi connectivity index (χ2v) is 5.45. The van der Waals surface area contributed by atoms with Crippen LogP contribution >= 0.6 is 0 Å². The van der Waals surface area contributed by atoms with Crippen LogP contribution < -0.4 is 16.4 Å². The Kier molecular flexibility index (Phi) is 5.15. The van der Waals surface area contributed by atoms with Gasteiger partial charge in [0.2, 0.25) is 11.8 Å². The van der Waals surface area contributed by atoms with Crippen LogP contribution in [0.2, 0.25) is 0 Å². The summed E-state index contributed by atoms with van der Waals surface area (Å²) in [5, 5.41) is 6.30. The summed E-state index contributed by atoms with van der Waals surface area (Å²) >= 11 is 0. The topological polar surface area (TPSA) is 93.5 Å². The Morgan fingerprint density at radius 2 is 2.00 bits per heavy atom. The van der Waals surface area contributed by atoms with E-state index in [-0.39, 0.29) is 29.8 Å². The fourth-order valence-corrected chi connectivity index (χ4v) is 2.78. The Morgan fingerprint density at radius 3 is 2.58 bits per heavy atom. The summed E-state index contributed by atoms with van der Waals surface area (Å²) in [6.07, 6.45) is 3.70. The van der Waals surface area contributed by atoms with E-state index in [1.54, 1.807) is 0 Å². The van der Waals surface area contributed by atoms with Crippen LogP contribution in [0.15, 0.2) is 0 Å². The fourth-order valence-electron chi connectivity index (χ4n) is 2.78. The molecular weight excluding hydrogens is 246 g/mol. The molecule has 0 spiro atoms. The van der Waals surface area contributed by atoms with Crippen molar-refractivity contribution in [3.8, 4) is 0 Å². The second-order valence-electron chi connectivity index (χ2n) is 5.45. The van der Waals surface area contributed by atoms with Crippen LogP contribution in [0.25, 0.3) is 0 Å². The second kappa shape index (κ2) is 6.86. The zero-order chi connectivity index (χ0) is 13.7. The number of nitrogens with two attached hydrogens (primary N) is 1. The van der Waals surface area contributed by atoms with Crippen molar-refractivity contribution in [1.82, 2.24) is 10.6 Å². The quantitative estimate of drug-likeness (QED) is 0.643. The summed E-state index contributed by atoms with van der Waals surface area (Å²) < 4.78 is 5.32. The molecule has 1 aliphatic heterocycles. The van der Waals surface area contributed by atoms with Gasteiger partial charge in [-0.3, -0.25) is 9.59 Å². The van der Waals surface area contributed by atoms with E-state index in [0.29, 0.717) is 13.0 Å². The van der Waals surface area contributed by atoms with Crippen molar-refractivity contribution in [3.05, 3.63) is 0 Å². The highest BCUT2D eigenvalue weighted by Crippen LogP contribution is 2.23. The first kappa shape index (κ1) is 14.3. The highest BCUT2D eigenvalue weighted by atomic mass is 16.5. The molecular formula is C13H23N3O3. The number of morpholine rings is 1. The van der Waals surface area contributed by atoms with Gasteiger partial charge in [0.25, 0.3) is 0 Å². The number of hydrogen-bond acceptors (Lipinski definition) is 4. The van der Waals surface area contributed by atoms with Gasteiger partial charge < -0.3 is 21.1 Å². The summed E-state index contributed by atoms with van der Waals surface area (Å²) in [7, 11) is 0. The monoisotopic (exact) mass is 269 g/mol. The lowest BCUT2D eigenvalue weighted by Crippen LogP contribution is -2.46. The zero-order valence-electron chi connectivity index (χ0n) is 11.2. The number of nitrogens with one attached hydrogen (secondary N) is 2. The molecule has 0 radical (unpaired) electrons. The molecule has 6 nitrogen and oxygen atoms in total. The van der Waals surface area contributed by atoms with Gasteiger partial charge in [-0.15, -0.1) is 0 Å². The standard InChI is InChI=1S/C13H23N3O3/c14-13(18)9-1-3-10(4-2-9)16-12(17)7-11-8-19-6-5-15-11/h9-11,15H,1-8H2,(H2,14,18)(H,16,17). The minimum atomic E-state index is -0.215. The molecule has 0 aromatic carbocycles. The van der Waals surface area contributed by atoms with Crippen LogP contribution in [0.1, 0.15) is 32.1 Å². The predicted molar refractivity (Wildman–Crippen MR) is 70.3 cm³/mol. The van der Waals surface area contributed by atoms with E-state index in [0.717, 1.165) is 38.8 Å². The van der Waals surface area contributed by atoms with Crippen molar-refractivity contribution in [2.45, 2.75) is 44.2 Å². The van der Waals surface area contributed by atoms with E-state index in [1.165, 1.54) is 0 Å². The molecule has 1 atom stereocenters. The Balaban J connectivity index is 1.67. The molecule has 2 fully saturated rings. The van der Waals surface area contributed by atoms with Crippen LogP contribution in [-0.4, -0.2) is 43.7 Å². The largest absolute Gasteiger partial charge is 0.378 e. The normalized spacial score (nSPS) is 31.7. The lowest BCUT2D eigenvalue weighted by molar-refractivity contribution is -0.123. The highest BCUT2D eigenvalue weighted by Gasteiger charge is 2.26. The smallest absolute Gasteiger partial charge is 0.221 e. The Labute approximate surface area is 113 Å². The molecule has 19 heavy (non-hydrogen) atoms. The van der Waals surface area contributed by atoms with Crippen LogP contribution in [0.4, 0.5) is 0 Å². The molecule has 2 amide bonds. The molecule has 1 saturated carbocycles. The molecule has 0 bridgehead atoms. The van der Waals surface area contributed by atoms with Crippen molar-refractivity contribution in [2.75, 3.05) is 19.8 Å². The molecule has 108 valence electrons. The maximum atomic E-state index is 11.9. The van der Waals surface area contributed by atoms with Gasteiger partial charge in [0.05, 0.1) is 13.2 Å². The predicted octanol–water partition coefficient (Wildman–Crippen LogP) is -0.475. The Bertz CT molecular complexity index is 321. The van der Waals surface area contributed by atoms with Crippen LogP contribution in [0.3, 0.4) is 0 Å². The number of rotatable bonds is 4. The first-order valence-corrected chi connectivity index (χ1v) is 7.05. The number of hydrogen-bond donors (Lipinski definition) is 3. The lowest BCUT2D eigenvalue weighted by Gasteiger charge is -2.28.